The van der Waals surface area contributed by atoms with Gasteiger partial charge in [-0.05, 0) is 18.2 Å². The van der Waals surface area contributed by atoms with Crippen molar-refractivity contribution in [3.8, 4) is 11.4 Å². The number of thioether (sulfide) groups is 1. The zero-order valence-corrected chi connectivity index (χ0v) is 9.59. The number of nitrogens with zero attached hydrogens (tertiary/aromatic N) is 3. The molecule has 2 heterocycles. The van der Waals surface area contributed by atoms with Gasteiger partial charge >= 0.3 is 5.97 Å². The van der Waals surface area contributed by atoms with Crippen LogP contribution in [0.1, 0.15) is 0 Å². The fraction of sp³-hybridized carbons (Fsp3) is 0.0909. The molecule has 0 amide bonds. The van der Waals surface area contributed by atoms with Gasteiger partial charge in [0.15, 0.2) is 0 Å². The van der Waals surface area contributed by atoms with E-state index < -0.39 is 5.97 Å². The Balaban J connectivity index is 2.20. The van der Waals surface area contributed by atoms with Gasteiger partial charge in [-0.2, -0.15) is 0 Å². The number of aromatic nitrogens is 3. The Morgan fingerprint density at radius 3 is 2.82 bits per heavy atom. The first-order chi connectivity index (χ1) is 8.25. The number of rotatable bonds is 4. The summed E-state index contributed by atoms with van der Waals surface area (Å²) in [5.74, 6) is -0.883. The molecule has 0 saturated carbocycles. The molecular weight excluding hydrogens is 238 g/mol. The Kier molecular flexibility index (Phi) is 3.66. The average molecular weight is 247 g/mol. The SMILES string of the molecule is O=C(O)CSc1cc(-c2ccccn2)ncn1. The highest BCUT2D eigenvalue weighted by Gasteiger charge is 2.05. The maximum Gasteiger partial charge on any atom is 0.313 e. The van der Waals surface area contributed by atoms with Crippen molar-refractivity contribution < 1.29 is 9.90 Å². The van der Waals surface area contributed by atoms with Crippen molar-refractivity contribution in [3.05, 3.63) is 36.8 Å². The van der Waals surface area contributed by atoms with Gasteiger partial charge in [0, 0.05) is 6.20 Å². The lowest BCUT2D eigenvalue weighted by molar-refractivity contribution is -0.133. The molecule has 0 fully saturated rings. The van der Waals surface area contributed by atoms with Crippen LogP contribution in [0, 0.1) is 0 Å². The van der Waals surface area contributed by atoms with Gasteiger partial charge in [0.25, 0.3) is 0 Å². The second kappa shape index (κ2) is 5.40. The van der Waals surface area contributed by atoms with E-state index in [-0.39, 0.29) is 5.75 Å². The summed E-state index contributed by atoms with van der Waals surface area (Å²) in [6.07, 6.45) is 3.09. The molecule has 0 saturated heterocycles. The largest absolute Gasteiger partial charge is 0.481 e. The van der Waals surface area contributed by atoms with Crippen LogP contribution in [0.15, 0.2) is 41.8 Å². The van der Waals surface area contributed by atoms with E-state index in [1.165, 1.54) is 6.33 Å². The smallest absolute Gasteiger partial charge is 0.313 e. The predicted molar refractivity (Wildman–Crippen MR) is 63.6 cm³/mol. The molecule has 0 unspecified atom stereocenters. The van der Waals surface area contributed by atoms with E-state index in [1.54, 1.807) is 12.3 Å². The van der Waals surface area contributed by atoms with Crippen LogP contribution < -0.4 is 0 Å². The lowest BCUT2D eigenvalue weighted by Gasteiger charge is -2.01. The molecule has 0 atom stereocenters. The first-order valence-corrected chi connectivity index (χ1v) is 5.82. The standard InChI is InChI=1S/C11H9N3O2S/c15-11(16)6-17-10-5-9(13-7-14-10)8-3-1-2-4-12-8/h1-5,7H,6H2,(H,15,16). The molecule has 0 aliphatic heterocycles. The molecule has 2 rings (SSSR count). The number of aliphatic carboxylic acids is 1. The number of hydrogen-bond donors (Lipinski definition) is 1. The molecule has 5 nitrogen and oxygen atoms in total. The van der Waals surface area contributed by atoms with Crippen molar-refractivity contribution in [1.29, 1.82) is 0 Å². The maximum atomic E-state index is 10.5. The van der Waals surface area contributed by atoms with Crippen LogP contribution in [0.2, 0.25) is 0 Å². The van der Waals surface area contributed by atoms with E-state index in [1.807, 2.05) is 18.2 Å². The minimum atomic E-state index is -0.868. The van der Waals surface area contributed by atoms with Gasteiger partial charge in [-0.15, -0.1) is 0 Å². The third kappa shape index (κ3) is 3.25. The van der Waals surface area contributed by atoms with Crippen molar-refractivity contribution >= 4 is 17.7 Å². The van der Waals surface area contributed by atoms with Crippen molar-refractivity contribution in [3.63, 3.8) is 0 Å². The van der Waals surface area contributed by atoms with Crippen LogP contribution in [0.5, 0.6) is 0 Å². The summed E-state index contributed by atoms with van der Waals surface area (Å²) >= 11 is 1.16. The summed E-state index contributed by atoms with van der Waals surface area (Å²) in [6, 6.07) is 7.27. The highest BCUT2D eigenvalue weighted by Crippen LogP contribution is 2.19. The lowest BCUT2D eigenvalue weighted by Crippen LogP contribution is -1.98. The number of hydrogen-bond acceptors (Lipinski definition) is 5. The van der Waals surface area contributed by atoms with Crippen molar-refractivity contribution in [2.75, 3.05) is 5.75 Å². The number of pyridine rings is 1. The van der Waals surface area contributed by atoms with Gasteiger partial charge in [-0.25, -0.2) is 9.97 Å². The number of carbonyl (C=O) groups is 1. The Morgan fingerprint density at radius 1 is 1.24 bits per heavy atom. The number of carboxylic acids is 1. The summed E-state index contributed by atoms with van der Waals surface area (Å²) in [4.78, 5) is 22.7. The molecule has 2 aromatic heterocycles. The molecule has 0 aliphatic rings. The van der Waals surface area contributed by atoms with Gasteiger partial charge < -0.3 is 5.11 Å². The molecule has 0 radical (unpaired) electrons. The third-order valence-corrected chi connectivity index (χ3v) is 2.82. The quantitative estimate of drug-likeness (QED) is 0.654. The first kappa shape index (κ1) is 11.5. The molecule has 0 spiro atoms. The second-order valence-electron chi connectivity index (χ2n) is 3.14. The van der Waals surface area contributed by atoms with E-state index >= 15 is 0 Å². The zero-order chi connectivity index (χ0) is 12.1. The third-order valence-electron chi connectivity index (χ3n) is 1.91. The molecule has 0 aromatic carbocycles. The Hall–Kier alpha value is -1.95. The van der Waals surface area contributed by atoms with Crippen LogP contribution in [0.25, 0.3) is 11.4 Å². The van der Waals surface area contributed by atoms with Crippen LogP contribution in [-0.4, -0.2) is 31.8 Å². The normalized spacial score (nSPS) is 10.1. The van der Waals surface area contributed by atoms with Crippen molar-refractivity contribution in [2.45, 2.75) is 5.03 Å². The lowest BCUT2D eigenvalue weighted by atomic mass is 10.3. The minimum absolute atomic E-state index is 0.0152. The predicted octanol–water partition coefficient (Wildman–Crippen LogP) is 1.72. The summed E-state index contributed by atoms with van der Waals surface area (Å²) in [6.45, 7) is 0. The molecule has 6 heteroatoms. The monoisotopic (exact) mass is 247 g/mol. The van der Waals surface area contributed by atoms with Gasteiger partial charge in [0.2, 0.25) is 0 Å². The van der Waals surface area contributed by atoms with Crippen LogP contribution in [0.4, 0.5) is 0 Å². The van der Waals surface area contributed by atoms with Gasteiger partial charge in [0.05, 0.1) is 17.1 Å². The summed E-state index contributed by atoms with van der Waals surface area (Å²) < 4.78 is 0. The van der Waals surface area contributed by atoms with Crippen molar-refractivity contribution in [1.82, 2.24) is 15.0 Å². The first-order valence-electron chi connectivity index (χ1n) is 4.84. The van der Waals surface area contributed by atoms with E-state index in [9.17, 15) is 4.79 Å². The summed E-state index contributed by atoms with van der Waals surface area (Å²) in [5.41, 5.74) is 1.43. The molecular formula is C11H9N3O2S. The Morgan fingerprint density at radius 2 is 2.12 bits per heavy atom. The molecule has 17 heavy (non-hydrogen) atoms. The fourth-order valence-electron chi connectivity index (χ4n) is 1.21. The van der Waals surface area contributed by atoms with Gasteiger partial charge in [0.1, 0.15) is 11.4 Å². The van der Waals surface area contributed by atoms with E-state index in [0.29, 0.717) is 10.7 Å². The molecule has 86 valence electrons. The topological polar surface area (TPSA) is 76.0 Å². The Labute approximate surface area is 102 Å². The highest BCUT2D eigenvalue weighted by atomic mass is 32.2. The van der Waals surface area contributed by atoms with E-state index in [2.05, 4.69) is 15.0 Å². The maximum absolute atomic E-state index is 10.5. The average Bonchev–Trinajstić information content (AvgIpc) is 2.38. The summed E-state index contributed by atoms with van der Waals surface area (Å²) in [7, 11) is 0. The van der Waals surface area contributed by atoms with Gasteiger partial charge in [-0.1, -0.05) is 17.8 Å². The second-order valence-corrected chi connectivity index (χ2v) is 4.13. The van der Waals surface area contributed by atoms with Crippen LogP contribution >= 0.6 is 11.8 Å². The van der Waals surface area contributed by atoms with Gasteiger partial charge in [-0.3, -0.25) is 9.78 Å². The highest BCUT2D eigenvalue weighted by molar-refractivity contribution is 7.99. The van der Waals surface area contributed by atoms with Crippen LogP contribution in [0.3, 0.4) is 0 Å². The fourth-order valence-corrected chi connectivity index (χ4v) is 1.80. The van der Waals surface area contributed by atoms with Crippen LogP contribution in [-0.2, 0) is 4.79 Å². The van der Waals surface area contributed by atoms with E-state index in [4.69, 9.17) is 5.11 Å². The van der Waals surface area contributed by atoms with E-state index in [0.717, 1.165) is 17.5 Å². The molecule has 0 bridgehead atoms. The zero-order valence-electron chi connectivity index (χ0n) is 8.78. The minimum Gasteiger partial charge on any atom is -0.481 e. The Bertz CT molecular complexity index is 519. The number of carboxylic acid groups (broad SMARTS) is 1. The summed E-state index contributed by atoms with van der Waals surface area (Å²) in [5, 5.41) is 9.21. The molecule has 1 N–H and O–H groups in total. The van der Waals surface area contributed by atoms with Crippen molar-refractivity contribution in [2.24, 2.45) is 0 Å². The molecule has 0 aliphatic carbocycles. The molecule has 2 aromatic rings.